The fourth-order valence-electron chi connectivity index (χ4n) is 2.73. The van der Waals surface area contributed by atoms with Crippen molar-refractivity contribution in [2.75, 3.05) is 14.1 Å². The summed E-state index contributed by atoms with van der Waals surface area (Å²) in [5.41, 5.74) is -0.502. The lowest BCUT2D eigenvalue weighted by Crippen LogP contribution is -2.48. The van der Waals surface area contributed by atoms with Gasteiger partial charge in [-0.1, -0.05) is 32.0 Å². The first-order chi connectivity index (χ1) is 9.68. The zero-order valence-corrected chi connectivity index (χ0v) is 12.7. The van der Waals surface area contributed by atoms with Gasteiger partial charge < -0.3 is 14.7 Å². The van der Waals surface area contributed by atoms with E-state index in [1.807, 2.05) is 32.8 Å². The molecule has 120 valence electrons. The van der Waals surface area contributed by atoms with Crippen molar-refractivity contribution in [2.45, 2.75) is 44.7 Å². The number of ether oxygens (including phenoxy) is 1. The van der Waals surface area contributed by atoms with Crippen molar-refractivity contribution >= 4 is 0 Å². The number of rotatable bonds is 6. The first kappa shape index (κ1) is 17.8. The van der Waals surface area contributed by atoms with Crippen molar-refractivity contribution in [3.63, 3.8) is 0 Å². The summed E-state index contributed by atoms with van der Waals surface area (Å²) < 4.78 is 41.5. The van der Waals surface area contributed by atoms with Gasteiger partial charge in [-0.3, -0.25) is 0 Å². The van der Waals surface area contributed by atoms with Gasteiger partial charge in [-0.05, 0) is 33.0 Å². The van der Waals surface area contributed by atoms with Crippen molar-refractivity contribution in [1.82, 2.24) is 4.90 Å². The van der Waals surface area contributed by atoms with Gasteiger partial charge in [-0.25, -0.2) is 0 Å². The summed E-state index contributed by atoms with van der Waals surface area (Å²) in [5, 5.41) is 10.7. The van der Waals surface area contributed by atoms with Gasteiger partial charge in [0.1, 0.15) is 11.9 Å². The van der Waals surface area contributed by atoms with E-state index in [9.17, 15) is 18.3 Å². The minimum atomic E-state index is -4.78. The smallest absolute Gasteiger partial charge is 0.405 e. The molecule has 6 heteroatoms. The summed E-state index contributed by atoms with van der Waals surface area (Å²) in [4.78, 5) is 1.85. The lowest BCUT2D eigenvalue weighted by molar-refractivity contribution is -0.275. The second kappa shape index (κ2) is 6.66. The molecule has 1 aromatic rings. The topological polar surface area (TPSA) is 32.7 Å². The average molecular weight is 305 g/mol. The first-order valence-electron chi connectivity index (χ1n) is 6.88. The number of nitrogens with zero attached hydrogens (tertiary/aromatic N) is 1. The number of halogens is 3. The van der Waals surface area contributed by atoms with Crippen LogP contribution in [0.1, 0.15) is 38.4 Å². The largest absolute Gasteiger partial charge is 0.573 e. The van der Waals surface area contributed by atoms with E-state index in [-0.39, 0.29) is 11.3 Å². The van der Waals surface area contributed by atoms with E-state index in [1.165, 1.54) is 18.2 Å². The Balaban J connectivity index is 3.26. The quantitative estimate of drug-likeness (QED) is 0.869. The Hall–Kier alpha value is -1.27. The predicted molar refractivity (Wildman–Crippen MR) is 75.1 cm³/mol. The lowest BCUT2D eigenvalue weighted by atomic mass is 9.81. The molecule has 1 aromatic carbocycles. The van der Waals surface area contributed by atoms with Crippen LogP contribution in [-0.4, -0.2) is 36.0 Å². The van der Waals surface area contributed by atoms with E-state index < -0.39 is 18.0 Å². The number of alkyl halides is 3. The van der Waals surface area contributed by atoms with Gasteiger partial charge in [0.25, 0.3) is 0 Å². The zero-order valence-electron chi connectivity index (χ0n) is 12.7. The van der Waals surface area contributed by atoms with Crippen molar-refractivity contribution in [3.8, 4) is 5.75 Å². The van der Waals surface area contributed by atoms with E-state index >= 15 is 0 Å². The fourth-order valence-corrected chi connectivity index (χ4v) is 2.73. The Morgan fingerprint density at radius 1 is 1.14 bits per heavy atom. The Labute approximate surface area is 123 Å². The summed E-state index contributed by atoms with van der Waals surface area (Å²) in [6, 6.07) is 5.73. The molecule has 0 fully saturated rings. The van der Waals surface area contributed by atoms with Crippen LogP contribution in [0.4, 0.5) is 13.2 Å². The number of aliphatic hydroxyl groups is 1. The number of benzene rings is 1. The molecule has 21 heavy (non-hydrogen) atoms. The molecule has 0 saturated carbocycles. The van der Waals surface area contributed by atoms with Crippen molar-refractivity contribution < 1.29 is 23.0 Å². The van der Waals surface area contributed by atoms with Gasteiger partial charge in [0.15, 0.2) is 0 Å². The monoisotopic (exact) mass is 305 g/mol. The molecule has 0 saturated heterocycles. The van der Waals surface area contributed by atoms with Crippen LogP contribution in [-0.2, 0) is 0 Å². The molecule has 0 aromatic heterocycles. The molecule has 1 unspecified atom stereocenters. The molecule has 1 N–H and O–H groups in total. The molecule has 1 rings (SSSR count). The third kappa shape index (κ3) is 3.89. The van der Waals surface area contributed by atoms with Crippen LogP contribution >= 0.6 is 0 Å². The highest BCUT2D eigenvalue weighted by atomic mass is 19.4. The summed E-state index contributed by atoms with van der Waals surface area (Å²) in [6.45, 7) is 3.81. The van der Waals surface area contributed by atoms with Gasteiger partial charge in [-0.15, -0.1) is 13.2 Å². The third-order valence-corrected chi connectivity index (χ3v) is 4.06. The molecule has 3 nitrogen and oxygen atoms in total. The standard InChI is InChI=1S/C15H22F3NO2/c1-5-14(6-2,19(3)4)13(20)11-9-7-8-10-12(11)21-15(16,17)18/h7-10,13,20H,5-6H2,1-4H3. The summed E-state index contributed by atoms with van der Waals surface area (Å²) in [6.07, 6.45) is -4.67. The molecule has 0 aliphatic heterocycles. The van der Waals surface area contributed by atoms with Gasteiger partial charge >= 0.3 is 6.36 Å². The molecule has 0 radical (unpaired) electrons. The molecular formula is C15H22F3NO2. The van der Waals surface area contributed by atoms with Crippen LogP contribution in [0, 0.1) is 0 Å². The maximum absolute atomic E-state index is 12.5. The maximum atomic E-state index is 12.5. The minimum Gasteiger partial charge on any atom is -0.405 e. The molecule has 1 atom stereocenters. The highest BCUT2D eigenvalue weighted by Crippen LogP contribution is 2.40. The van der Waals surface area contributed by atoms with E-state index in [4.69, 9.17) is 0 Å². The molecule has 0 amide bonds. The second-order valence-corrected chi connectivity index (χ2v) is 5.19. The van der Waals surface area contributed by atoms with Gasteiger partial charge in [0.2, 0.25) is 0 Å². The highest BCUT2D eigenvalue weighted by Gasteiger charge is 2.40. The first-order valence-corrected chi connectivity index (χ1v) is 6.88. The summed E-state index contributed by atoms with van der Waals surface area (Å²) in [5.74, 6) is -0.356. The van der Waals surface area contributed by atoms with E-state index in [1.54, 1.807) is 6.07 Å². The molecule has 0 bridgehead atoms. The molecule has 0 aliphatic carbocycles. The Kier molecular flexibility index (Phi) is 5.64. The average Bonchev–Trinajstić information content (AvgIpc) is 2.39. The Morgan fingerprint density at radius 3 is 2.10 bits per heavy atom. The third-order valence-electron chi connectivity index (χ3n) is 4.06. The Bertz CT molecular complexity index is 456. The van der Waals surface area contributed by atoms with Crippen molar-refractivity contribution in [2.24, 2.45) is 0 Å². The molecular weight excluding hydrogens is 283 g/mol. The number of para-hydroxylation sites is 1. The van der Waals surface area contributed by atoms with Crippen LogP contribution in [0.15, 0.2) is 24.3 Å². The van der Waals surface area contributed by atoms with Crippen LogP contribution in [0.25, 0.3) is 0 Å². The number of hydrogen-bond donors (Lipinski definition) is 1. The van der Waals surface area contributed by atoms with E-state index in [2.05, 4.69) is 4.74 Å². The number of hydrogen-bond acceptors (Lipinski definition) is 3. The van der Waals surface area contributed by atoms with Gasteiger partial charge in [0.05, 0.1) is 5.54 Å². The van der Waals surface area contributed by atoms with Gasteiger partial charge in [0, 0.05) is 5.56 Å². The number of likely N-dealkylation sites (N-methyl/N-ethyl adjacent to an activating group) is 1. The van der Waals surface area contributed by atoms with Crippen molar-refractivity contribution in [1.29, 1.82) is 0 Å². The zero-order chi connectivity index (χ0) is 16.3. The molecule has 0 aliphatic rings. The molecule has 0 spiro atoms. The van der Waals surface area contributed by atoms with E-state index in [0.717, 1.165) is 0 Å². The summed E-state index contributed by atoms with van der Waals surface area (Å²) >= 11 is 0. The fraction of sp³-hybridized carbons (Fsp3) is 0.600. The van der Waals surface area contributed by atoms with Crippen molar-refractivity contribution in [3.05, 3.63) is 29.8 Å². The normalized spacial score (nSPS) is 14.3. The molecule has 0 heterocycles. The van der Waals surface area contributed by atoms with Crippen LogP contribution in [0.2, 0.25) is 0 Å². The van der Waals surface area contributed by atoms with Gasteiger partial charge in [-0.2, -0.15) is 0 Å². The lowest BCUT2D eigenvalue weighted by Gasteiger charge is -2.43. The van der Waals surface area contributed by atoms with Crippen LogP contribution in [0.5, 0.6) is 5.75 Å². The highest BCUT2D eigenvalue weighted by molar-refractivity contribution is 5.37. The number of aliphatic hydroxyl groups excluding tert-OH is 1. The Morgan fingerprint density at radius 2 is 1.67 bits per heavy atom. The minimum absolute atomic E-state index is 0.146. The maximum Gasteiger partial charge on any atom is 0.573 e. The predicted octanol–water partition coefficient (Wildman–Crippen LogP) is 3.74. The second-order valence-electron chi connectivity index (χ2n) is 5.19. The van der Waals surface area contributed by atoms with E-state index in [0.29, 0.717) is 12.8 Å². The van der Waals surface area contributed by atoms with Crippen LogP contribution in [0.3, 0.4) is 0 Å². The SMILES string of the molecule is CCC(CC)(C(O)c1ccccc1OC(F)(F)F)N(C)C. The van der Waals surface area contributed by atoms with Crippen LogP contribution < -0.4 is 4.74 Å². The summed E-state index contributed by atoms with van der Waals surface area (Å²) in [7, 11) is 3.62.